The van der Waals surface area contributed by atoms with Crippen molar-refractivity contribution >= 4 is 23.4 Å². The van der Waals surface area contributed by atoms with Crippen molar-refractivity contribution in [3.8, 4) is 11.4 Å². The number of hydrogen-bond acceptors (Lipinski definition) is 5. The highest BCUT2D eigenvalue weighted by Crippen LogP contribution is 2.26. The van der Waals surface area contributed by atoms with Gasteiger partial charge in [0, 0.05) is 25.4 Å². The molecule has 1 aromatic carbocycles. The van der Waals surface area contributed by atoms with Gasteiger partial charge in [-0.15, -0.1) is 0 Å². The Balaban J connectivity index is 2.39. The molecule has 6 nitrogen and oxygen atoms in total. The van der Waals surface area contributed by atoms with Gasteiger partial charge in [-0.2, -0.15) is 0 Å². The standard InChI is InChI=1S/C14H14ClN3O3/c1-21-7-6-16-13-10(14(19)20)8-17-12(18-13)9-4-2-3-5-11(9)15/h2-5,8H,6-7H2,1H3,(H,19,20)(H,16,17,18). The maximum absolute atomic E-state index is 11.2. The van der Waals surface area contributed by atoms with Crippen LogP contribution in [0.1, 0.15) is 10.4 Å². The lowest BCUT2D eigenvalue weighted by Crippen LogP contribution is -2.14. The van der Waals surface area contributed by atoms with Crippen LogP contribution in [0.3, 0.4) is 0 Å². The average Bonchev–Trinajstić information content (AvgIpc) is 2.47. The molecule has 2 aromatic rings. The summed E-state index contributed by atoms with van der Waals surface area (Å²) >= 11 is 6.10. The van der Waals surface area contributed by atoms with E-state index in [0.717, 1.165) is 0 Å². The highest BCUT2D eigenvalue weighted by atomic mass is 35.5. The van der Waals surface area contributed by atoms with E-state index in [1.807, 2.05) is 6.07 Å². The number of aromatic nitrogens is 2. The van der Waals surface area contributed by atoms with E-state index in [2.05, 4.69) is 15.3 Å². The van der Waals surface area contributed by atoms with Crippen molar-refractivity contribution in [3.63, 3.8) is 0 Å². The quantitative estimate of drug-likeness (QED) is 0.798. The Bertz CT molecular complexity index is 649. The average molecular weight is 308 g/mol. The highest BCUT2D eigenvalue weighted by molar-refractivity contribution is 6.33. The molecule has 0 saturated heterocycles. The lowest BCUT2D eigenvalue weighted by atomic mass is 10.2. The number of aromatic carboxylic acids is 1. The number of nitrogens with one attached hydrogen (secondary N) is 1. The van der Waals surface area contributed by atoms with Gasteiger partial charge in [0.25, 0.3) is 0 Å². The van der Waals surface area contributed by atoms with Crippen LogP contribution in [0.5, 0.6) is 0 Å². The summed E-state index contributed by atoms with van der Waals surface area (Å²) in [7, 11) is 1.56. The summed E-state index contributed by atoms with van der Waals surface area (Å²) in [6, 6.07) is 7.11. The normalized spacial score (nSPS) is 10.4. The van der Waals surface area contributed by atoms with Crippen molar-refractivity contribution in [2.75, 3.05) is 25.6 Å². The van der Waals surface area contributed by atoms with Crippen LogP contribution >= 0.6 is 11.6 Å². The second-order valence-corrected chi connectivity index (χ2v) is 4.57. The number of halogens is 1. The predicted octanol–water partition coefficient (Wildman–Crippen LogP) is 2.55. The van der Waals surface area contributed by atoms with Gasteiger partial charge in [-0.3, -0.25) is 0 Å². The molecule has 0 amide bonds. The van der Waals surface area contributed by atoms with Crippen LogP contribution in [0.25, 0.3) is 11.4 Å². The van der Waals surface area contributed by atoms with Crippen LogP contribution in [-0.4, -0.2) is 41.3 Å². The lowest BCUT2D eigenvalue weighted by Gasteiger charge is -2.10. The van der Waals surface area contributed by atoms with Crippen LogP contribution in [0, 0.1) is 0 Å². The summed E-state index contributed by atoms with van der Waals surface area (Å²) in [6.45, 7) is 0.875. The van der Waals surface area contributed by atoms with Crippen molar-refractivity contribution in [1.82, 2.24) is 9.97 Å². The maximum Gasteiger partial charge on any atom is 0.341 e. The number of benzene rings is 1. The van der Waals surface area contributed by atoms with E-state index in [1.54, 1.807) is 25.3 Å². The Hall–Kier alpha value is -2.18. The van der Waals surface area contributed by atoms with Crippen LogP contribution in [0.15, 0.2) is 30.5 Å². The molecule has 2 rings (SSSR count). The molecule has 0 bridgehead atoms. The topological polar surface area (TPSA) is 84.3 Å². The van der Waals surface area contributed by atoms with Crippen molar-refractivity contribution in [1.29, 1.82) is 0 Å². The Labute approximate surface area is 126 Å². The fourth-order valence-corrected chi connectivity index (χ4v) is 1.94. The van der Waals surface area contributed by atoms with Crippen molar-refractivity contribution in [2.24, 2.45) is 0 Å². The molecule has 0 unspecified atom stereocenters. The van der Waals surface area contributed by atoms with E-state index in [4.69, 9.17) is 21.4 Å². The van der Waals surface area contributed by atoms with Gasteiger partial charge >= 0.3 is 5.97 Å². The van der Waals surface area contributed by atoms with Crippen LogP contribution in [0.2, 0.25) is 5.02 Å². The molecule has 0 fully saturated rings. The van der Waals surface area contributed by atoms with Crippen LogP contribution in [-0.2, 0) is 4.74 Å². The molecule has 2 N–H and O–H groups in total. The Kier molecular flexibility index (Phi) is 5.08. The fraction of sp³-hybridized carbons (Fsp3) is 0.214. The molecule has 0 aliphatic rings. The first-order valence-corrected chi connectivity index (χ1v) is 6.59. The molecule has 0 atom stereocenters. The van der Waals surface area contributed by atoms with Gasteiger partial charge in [-0.1, -0.05) is 23.7 Å². The number of carboxylic acids is 1. The van der Waals surface area contributed by atoms with Gasteiger partial charge in [0.15, 0.2) is 5.82 Å². The number of hydrogen-bond donors (Lipinski definition) is 2. The van der Waals surface area contributed by atoms with E-state index in [9.17, 15) is 4.79 Å². The van der Waals surface area contributed by atoms with Crippen molar-refractivity contribution in [2.45, 2.75) is 0 Å². The molecule has 21 heavy (non-hydrogen) atoms. The number of nitrogens with zero attached hydrogens (tertiary/aromatic N) is 2. The molecule has 0 saturated carbocycles. The zero-order valence-electron chi connectivity index (χ0n) is 11.3. The second-order valence-electron chi connectivity index (χ2n) is 4.16. The first kappa shape index (κ1) is 15.2. The zero-order valence-corrected chi connectivity index (χ0v) is 12.1. The number of rotatable bonds is 6. The van der Waals surface area contributed by atoms with Crippen molar-refractivity contribution < 1.29 is 14.6 Å². The molecule has 7 heteroatoms. The minimum Gasteiger partial charge on any atom is -0.477 e. The highest BCUT2D eigenvalue weighted by Gasteiger charge is 2.15. The molecule has 0 aliphatic heterocycles. The maximum atomic E-state index is 11.2. The molecular weight excluding hydrogens is 294 g/mol. The molecule has 1 aromatic heterocycles. The molecular formula is C14H14ClN3O3. The van der Waals surface area contributed by atoms with Gasteiger partial charge in [0.2, 0.25) is 0 Å². The number of ether oxygens (including phenoxy) is 1. The summed E-state index contributed by atoms with van der Waals surface area (Å²) in [5, 5.41) is 12.6. The lowest BCUT2D eigenvalue weighted by molar-refractivity contribution is 0.0697. The third-order valence-electron chi connectivity index (χ3n) is 2.73. The van der Waals surface area contributed by atoms with Gasteiger partial charge in [0.1, 0.15) is 11.4 Å². The number of carboxylic acid groups (broad SMARTS) is 1. The van der Waals surface area contributed by atoms with Gasteiger partial charge < -0.3 is 15.2 Å². The van der Waals surface area contributed by atoms with Crippen LogP contribution < -0.4 is 5.32 Å². The van der Waals surface area contributed by atoms with E-state index in [-0.39, 0.29) is 11.4 Å². The minimum absolute atomic E-state index is 0.00177. The third kappa shape index (κ3) is 3.68. The van der Waals surface area contributed by atoms with Gasteiger partial charge in [-0.05, 0) is 12.1 Å². The fourth-order valence-electron chi connectivity index (χ4n) is 1.72. The Morgan fingerprint density at radius 1 is 1.43 bits per heavy atom. The summed E-state index contributed by atoms with van der Waals surface area (Å²) in [4.78, 5) is 19.5. The summed E-state index contributed by atoms with van der Waals surface area (Å²) in [6.07, 6.45) is 1.27. The summed E-state index contributed by atoms with van der Waals surface area (Å²) in [5.74, 6) is -0.490. The molecule has 0 spiro atoms. The molecule has 0 radical (unpaired) electrons. The first-order valence-electron chi connectivity index (χ1n) is 6.21. The Morgan fingerprint density at radius 3 is 2.86 bits per heavy atom. The third-order valence-corrected chi connectivity index (χ3v) is 3.06. The van der Waals surface area contributed by atoms with Gasteiger partial charge in [0.05, 0.1) is 11.6 Å². The second kappa shape index (κ2) is 7.01. The number of methoxy groups -OCH3 is 1. The molecule has 1 heterocycles. The molecule has 0 aliphatic carbocycles. The van der Waals surface area contributed by atoms with Gasteiger partial charge in [-0.25, -0.2) is 14.8 Å². The first-order chi connectivity index (χ1) is 10.1. The largest absolute Gasteiger partial charge is 0.477 e. The SMILES string of the molecule is COCCNc1nc(-c2ccccc2Cl)ncc1C(=O)O. The monoisotopic (exact) mass is 307 g/mol. The smallest absolute Gasteiger partial charge is 0.341 e. The van der Waals surface area contributed by atoms with E-state index < -0.39 is 5.97 Å². The summed E-state index contributed by atoms with van der Waals surface area (Å²) in [5.41, 5.74) is 0.646. The molecule has 110 valence electrons. The Morgan fingerprint density at radius 2 is 2.19 bits per heavy atom. The predicted molar refractivity (Wildman–Crippen MR) is 79.8 cm³/mol. The van der Waals surface area contributed by atoms with E-state index in [0.29, 0.717) is 29.6 Å². The van der Waals surface area contributed by atoms with Crippen molar-refractivity contribution in [3.05, 3.63) is 41.0 Å². The zero-order chi connectivity index (χ0) is 15.2. The van der Waals surface area contributed by atoms with E-state index >= 15 is 0 Å². The van der Waals surface area contributed by atoms with Crippen LogP contribution in [0.4, 0.5) is 5.82 Å². The summed E-state index contributed by atoms with van der Waals surface area (Å²) < 4.78 is 4.92. The van der Waals surface area contributed by atoms with E-state index in [1.165, 1.54) is 6.20 Å². The number of carbonyl (C=O) groups is 1. The minimum atomic E-state index is -1.10. The number of anilines is 1.